The molecule has 0 heterocycles. The van der Waals surface area contributed by atoms with E-state index in [-0.39, 0.29) is 17.9 Å². The molecule has 5 rings (SSSR count). The standard InChI is InChI=1S/C27H27N3O2/c1-28-27(32)19-12-10-18(11-13-19)16-30(20-14-15-20)17-25(31)29-26-23-8-4-2-6-21(23)22-7-3-5-9-24(22)26/h2-13,20,26H,14-17H2,1H3,(H,28,32)(H,29,31). The van der Waals surface area contributed by atoms with Crippen molar-refractivity contribution in [2.75, 3.05) is 13.6 Å². The smallest absolute Gasteiger partial charge is 0.251 e. The van der Waals surface area contributed by atoms with Crippen molar-refractivity contribution >= 4 is 11.8 Å². The summed E-state index contributed by atoms with van der Waals surface area (Å²) < 4.78 is 0. The van der Waals surface area contributed by atoms with Crippen LogP contribution in [0, 0.1) is 0 Å². The highest BCUT2D eigenvalue weighted by Crippen LogP contribution is 2.43. The van der Waals surface area contributed by atoms with E-state index in [0.717, 1.165) is 29.5 Å². The van der Waals surface area contributed by atoms with Gasteiger partial charge in [0.15, 0.2) is 0 Å². The molecule has 162 valence electrons. The van der Waals surface area contributed by atoms with Crippen LogP contribution in [-0.2, 0) is 11.3 Å². The quantitative estimate of drug-likeness (QED) is 0.604. The lowest BCUT2D eigenvalue weighted by Gasteiger charge is -2.23. The van der Waals surface area contributed by atoms with Crippen LogP contribution < -0.4 is 10.6 Å². The Morgan fingerprint density at radius 2 is 1.47 bits per heavy atom. The van der Waals surface area contributed by atoms with Gasteiger partial charge in [0, 0.05) is 25.2 Å². The molecule has 0 radical (unpaired) electrons. The van der Waals surface area contributed by atoms with Gasteiger partial charge in [-0.1, -0.05) is 60.7 Å². The first-order chi connectivity index (χ1) is 15.6. The Morgan fingerprint density at radius 1 is 0.875 bits per heavy atom. The van der Waals surface area contributed by atoms with Crippen LogP contribution in [0.15, 0.2) is 72.8 Å². The van der Waals surface area contributed by atoms with Gasteiger partial charge in [0.2, 0.25) is 5.91 Å². The van der Waals surface area contributed by atoms with Gasteiger partial charge in [0.1, 0.15) is 0 Å². The highest BCUT2D eigenvalue weighted by molar-refractivity contribution is 5.94. The summed E-state index contributed by atoms with van der Waals surface area (Å²) in [5.74, 6) is -0.0533. The zero-order valence-corrected chi connectivity index (χ0v) is 18.2. The molecule has 0 aromatic heterocycles. The lowest BCUT2D eigenvalue weighted by Crippen LogP contribution is -2.39. The molecular weight excluding hydrogens is 398 g/mol. The van der Waals surface area contributed by atoms with E-state index in [9.17, 15) is 9.59 Å². The molecule has 0 bridgehead atoms. The molecule has 0 unspecified atom stereocenters. The number of fused-ring (bicyclic) bond motifs is 3. The Balaban J connectivity index is 1.29. The van der Waals surface area contributed by atoms with Crippen LogP contribution in [0.1, 0.15) is 45.9 Å². The van der Waals surface area contributed by atoms with Crippen molar-refractivity contribution in [2.24, 2.45) is 0 Å². The summed E-state index contributed by atoms with van der Waals surface area (Å²) in [5, 5.41) is 5.93. The zero-order valence-electron chi connectivity index (χ0n) is 18.2. The number of amides is 2. The number of carbonyl (C=O) groups excluding carboxylic acids is 2. The third-order valence-electron chi connectivity index (χ3n) is 6.38. The van der Waals surface area contributed by atoms with E-state index >= 15 is 0 Å². The van der Waals surface area contributed by atoms with Crippen LogP contribution in [0.3, 0.4) is 0 Å². The van der Waals surface area contributed by atoms with Gasteiger partial charge in [0.25, 0.3) is 5.91 Å². The van der Waals surface area contributed by atoms with Crippen LogP contribution in [0.4, 0.5) is 0 Å². The van der Waals surface area contributed by atoms with Gasteiger partial charge in [-0.15, -0.1) is 0 Å². The van der Waals surface area contributed by atoms with E-state index in [1.807, 2.05) is 48.5 Å². The molecule has 3 aromatic rings. The minimum Gasteiger partial charge on any atom is -0.355 e. The Kier molecular flexibility index (Phi) is 5.50. The maximum absolute atomic E-state index is 13.1. The van der Waals surface area contributed by atoms with Crippen molar-refractivity contribution < 1.29 is 9.59 Å². The summed E-state index contributed by atoms with van der Waals surface area (Å²) in [6, 6.07) is 24.6. The molecule has 32 heavy (non-hydrogen) atoms. The van der Waals surface area contributed by atoms with Gasteiger partial charge in [-0.2, -0.15) is 0 Å². The molecule has 5 heteroatoms. The Hall–Kier alpha value is -3.44. The summed E-state index contributed by atoms with van der Waals surface area (Å²) >= 11 is 0. The van der Waals surface area contributed by atoms with E-state index in [1.54, 1.807) is 7.05 Å². The van der Waals surface area contributed by atoms with Crippen LogP contribution in [0.2, 0.25) is 0 Å². The van der Waals surface area contributed by atoms with E-state index in [1.165, 1.54) is 11.1 Å². The molecule has 2 aliphatic rings. The first kappa shape index (κ1) is 20.5. The molecule has 0 aliphatic heterocycles. The third-order valence-corrected chi connectivity index (χ3v) is 6.38. The summed E-state index contributed by atoms with van der Waals surface area (Å²) in [4.78, 5) is 27.2. The van der Waals surface area contributed by atoms with Gasteiger partial charge in [0.05, 0.1) is 12.6 Å². The SMILES string of the molecule is CNC(=O)c1ccc(CN(CC(=O)NC2c3ccccc3-c3ccccc32)C2CC2)cc1. The molecule has 0 saturated heterocycles. The predicted octanol–water partition coefficient (Wildman–Crippen LogP) is 3.90. The minimum atomic E-state index is -0.109. The van der Waals surface area contributed by atoms with Crippen molar-refractivity contribution in [3.8, 4) is 11.1 Å². The lowest BCUT2D eigenvalue weighted by molar-refractivity contribution is -0.123. The number of nitrogens with one attached hydrogen (secondary N) is 2. The van der Waals surface area contributed by atoms with Gasteiger partial charge in [-0.3, -0.25) is 14.5 Å². The molecule has 0 spiro atoms. The monoisotopic (exact) mass is 425 g/mol. The minimum absolute atomic E-state index is 0.0374. The Morgan fingerprint density at radius 3 is 2.03 bits per heavy atom. The predicted molar refractivity (Wildman–Crippen MR) is 125 cm³/mol. The zero-order chi connectivity index (χ0) is 22.1. The second-order valence-electron chi connectivity index (χ2n) is 8.59. The van der Waals surface area contributed by atoms with Crippen LogP contribution >= 0.6 is 0 Å². The van der Waals surface area contributed by atoms with Gasteiger partial charge < -0.3 is 10.6 Å². The molecule has 5 nitrogen and oxygen atoms in total. The Bertz CT molecular complexity index is 1110. The topological polar surface area (TPSA) is 61.4 Å². The van der Waals surface area contributed by atoms with E-state index in [2.05, 4.69) is 39.8 Å². The second kappa shape index (κ2) is 8.60. The number of benzene rings is 3. The first-order valence-electron chi connectivity index (χ1n) is 11.2. The molecule has 3 aromatic carbocycles. The van der Waals surface area contributed by atoms with Gasteiger partial charge >= 0.3 is 0 Å². The summed E-state index contributed by atoms with van der Waals surface area (Å²) in [5.41, 5.74) is 6.46. The van der Waals surface area contributed by atoms with Crippen molar-refractivity contribution in [2.45, 2.75) is 31.5 Å². The van der Waals surface area contributed by atoms with Crippen molar-refractivity contribution in [3.05, 3.63) is 95.1 Å². The number of nitrogens with zero attached hydrogens (tertiary/aromatic N) is 1. The van der Waals surface area contributed by atoms with Crippen LogP contribution in [0.5, 0.6) is 0 Å². The third kappa shape index (κ3) is 4.04. The average Bonchev–Trinajstić information content (AvgIpc) is 3.63. The average molecular weight is 426 g/mol. The van der Waals surface area contributed by atoms with Crippen molar-refractivity contribution in [3.63, 3.8) is 0 Å². The Labute approximate surface area is 188 Å². The molecule has 2 amide bonds. The fourth-order valence-electron chi connectivity index (χ4n) is 4.60. The molecular formula is C27H27N3O2. The van der Waals surface area contributed by atoms with E-state index in [4.69, 9.17) is 0 Å². The van der Waals surface area contributed by atoms with E-state index < -0.39 is 0 Å². The van der Waals surface area contributed by atoms with E-state index in [0.29, 0.717) is 24.7 Å². The number of hydrogen-bond donors (Lipinski definition) is 2. The molecule has 2 aliphatic carbocycles. The fraction of sp³-hybridized carbons (Fsp3) is 0.259. The number of rotatable bonds is 7. The highest BCUT2D eigenvalue weighted by atomic mass is 16.2. The molecule has 0 atom stereocenters. The summed E-state index contributed by atoms with van der Waals surface area (Å²) in [6.07, 6.45) is 2.25. The van der Waals surface area contributed by atoms with Crippen LogP contribution in [-0.4, -0.2) is 36.3 Å². The molecule has 2 N–H and O–H groups in total. The highest BCUT2D eigenvalue weighted by Gasteiger charge is 2.33. The number of hydrogen-bond acceptors (Lipinski definition) is 3. The summed E-state index contributed by atoms with van der Waals surface area (Å²) in [7, 11) is 1.63. The van der Waals surface area contributed by atoms with Gasteiger partial charge in [-0.05, 0) is 52.8 Å². The summed E-state index contributed by atoms with van der Waals surface area (Å²) in [6.45, 7) is 1.06. The second-order valence-corrected chi connectivity index (χ2v) is 8.59. The molecule has 1 saturated carbocycles. The van der Waals surface area contributed by atoms with Crippen molar-refractivity contribution in [1.82, 2.24) is 15.5 Å². The first-order valence-corrected chi connectivity index (χ1v) is 11.2. The number of carbonyl (C=O) groups is 2. The maximum Gasteiger partial charge on any atom is 0.251 e. The fourth-order valence-corrected chi connectivity index (χ4v) is 4.60. The normalized spacial score (nSPS) is 14.7. The lowest BCUT2D eigenvalue weighted by atomic mass is 10.1. The largest absolute Gasteiger partial charge is 0.355 e. The molecule has 1 fully saturated rings. The maximum atomic E-state index is 13.1. The van der Waals surface area contributed by atoms with Crippen LogP contribution in [0.25, 0.3) is 11.1 Å². The van der Waals surface area contributed by atoms with Crippen molar-refractivity contribution in [1.29, 1.82) is 0 Å². The van der Waals surface area contributed by atoms with Gasteiger partial charge in [-0.25, -0.2) is 0 Å².